The lowest BCUT2D eigenvalue weighted by atomic mass is 10.1. The Morgan fingerprint density at radius 2 is 1.89 bits per heavy atom. The van der Waals surface area contributed by atoms with Crippen molar-refractivity contribution in [1.82, 2.24) is 9.80 Å². The summed E-state index contributed by atoms with van der Waals surface area (Å²) in [6.45, 7) is 11.0. The zero-order chi connectivity index (χ0) is 20.0. The number of nitrogens with one attached hydrogen (secondary N) is 1. The second-order valence-corrected chi connectivity index (χ2v) is 8.20. The molecule has 0 aromatic carbocycles. The second kappa shape index (κ2) is 9.85. The Hall–Kier alpha value is -1.93. The number of rotatable bonds is 7. The van der Waals surface area contributed by atoms with E-state index in [1.54, 1.807) is 13.0 Å². The van der Waals surface area contributed by atoms with Crippen molar-refractivity contribution in [2.45, 2.75) is 34.1 Å². The van der Waals surface area contributed by atoms with Gasteiger partial charge in [-0.3, -0.25) is 14.5 Å². The van der Waals surface area contributed by atoms with Crippen LogP contribution in [0.25, 0.3) is 0 Å². The highest BCUT2D eigenvalue weighted by molar-refractivity contribution is 7.18. The molecule has 0 aliphatic carbocycles. The maximum atomic E-state index is 12.3. The maximum Gasteiger partial charge on any atom is 0.348 e. The van der Waals surface area contributed by atoms with Gasteiger partial charge in [0.15, 0.2) is 0 Å². The van der Waals surface area contributed by atoms with Crippen LogP contribution in [0.4, 0.5) is 5.00 Å². The minimum atomic E-state index is -0.359. The quantitative estimate of drug-likeness (QED) is 0.717. The van der Waals surface area contributed by atoms with Crippen molar-refractivity contribution in [3.63, 3.8) is 0 Å². The van der Waals surface area contributed by atoms with Crippen LogP contribution < -0.4 is 5.32 Å². The SMILES string of the molecule is CCOC(=O)c1sc(NC(=O)CN2CCN(C(=O)CC(C)C)CC2)cc1C. The third kappa shape index (κ3) is 6.32. The average Bonchev–Trinajstić information content (AvgIpc) is 2.95. The maximum absolute atomic E-state index is 12.3. The van der Waals surface area contributed by atoms with Gasteiger partial charge in [-0.2, -0.15) is 0 Å². The van der Waals surface area contributed by atoms with E-state index in [4.69, 9.17) is 4.74 Å². The number of hydrogen-bond donors (Lipinski definition) is 1. The van der Waals surface area contributed by atoms with Crippen LogP contribution in [0.1, 0.15) is 42.4 Å². The number of aryl methyl sites for hydroxylation is 1. The Morgan fingerprint density at radius 3 is 2.48 bits per heavy atom. The Kier molecular flexibility index (Phi) is 7.79. The van der Waals surface area contributed by atoms with Gasteiger partial charge in [0.1, 0.15) is 4.88 Å². The molecule has 1 aliphatic rings. The summed E-state index contributed by atoms with van der Waals surface area (Å²) >= 11 is 1.23. The largest absolute Gasteiger partial charge is 0.462 e. The minimum Gasteiger partial charge on any atom is -0.462 e. The van der Waals surface area contributed by atoms with Gasteiger partial charge < -0.3 is 15.0 Å². The van der Waals surface area contributed by atoms with E-state index in [1.165, 1.54) is 11.3 Å². The van der Waals surface area contributed by atoms with Gasteiger partial charge in [-0.25, -0.2) is 4.79 Å². The van der Waals surface area contributed by atoms with E-state index in [-0.39, 0.29) is 24.3 Å². The first-order valence-corrected chi connectivity index (χ1v) is 10.2. The van der Waals surface area contributed by atoms with Crippen molar-refractivity contribution in [2.75, 3.05) is 44.6 Å². The molecule has 2 heterocycles. The van der Waals surface area contributed by atoms with Crippen LogP contribution >= 0.6 is 11.3 Å². The Morgan fingerprint density at radius 1 is 1.22 bits per heavy atom. The third-order valence-corrected chi connectivity index (χ3v) is 5.45. The highest BCUT2D eigenvalue weighted by Gasteiger charge is 2.23. The highest BCUT2D eigenvalue weighted by Crippen LogP contribution is 2.27. The predicted molar refractivity (Wildman–Crippen MR) is 106 cm³/mol. The summed E-state index contributed by atoms with van der Waals surface area (Å²) < 4.78 is 5.02. The second-order valence-electron chi connectivity index (χ2n) is 7.15. The van der Waals surface area contributed by atoms with E-state index < -0.39 is 0 Å². The number of piperazine rings is 1. The van der Waals surface area contributed by atoms with E-state index >= 15 is 0 Å². The first-order valence-electron chi connectivity index (χ1n) is 9.37. The van der Waals surface area contributed by atoms with E-state index in [0.29, 0.717) is 55.0 Å². The molecule has 2 amide bonds. The molecule has 1 aliphatic heterocycles. The Labute approximate surface area is 164 Å². The summed E-state index contributed by atoms with van der Waals surface area (Å²) in [5.74, 6) is 0.0704. The number of esters is 1. The molecule has 1 fully saturated rings. The van der Waals surface area contributed by atoms with Crippen molar-refractivity contribution in [3.8, 4) is 0 Å². The first-order chi connectivity index (χ1) is 12.8. The number of amides is 2. The number of thiophene rings is 1. The Balaban J connectivity index is 1.81. The molecule has 1 saturated heterocycles. The van der Waals surface area contributed by atoms with Crippen LogP contribution in [0.5, 0.6) is 0 Å². The van der Waals surface area contributed by atoms with E-state index in [1.807, 2.05) is 30.6 Å². The molecule has 1 aromatic rings. The summed E-state index contributed by atoms with van der Waals surface area (Å²) in [6, 6.07) is 1.79. The molecule has 1 aromatic heterocycles. The lowest BCUT2D eigenvalue weighted by Crippen LogP contribution is -2.50. The van der Waals surface area contributed by atoms with Crippen LogP contribution in [0.15, 0.2) is 6.07 Å². The molecular formula is C19H29N3O4S. The van der Waals surface area contributed by atoms with E-state index in [0.717, 1.165) is 5.56 Å². The van der Waals surface area contributed by atoms with Gasteiger partial charge in [0.05, 0.1) is 18.2 Å². The number of hydrogen-bond acceptors (Lipinski definition) is 6. The molecule has 7 nitrogen and oxygen atoms in total. The Bertz CT molecular complexity index is 678. The van der Waals surface area contributed by atoms with Gasteiger partial charge in [0, 0.05) is 32.6 Å². The molecule has 0 bridgehead atoms. The summed E-state index contributed by atoms with van der Waals surface area (Å²) in [5, 5.41) is 3.50. The van der Waals surface area contributed by atoms with Crippen molar-refractivity contribution in [2.24, 2.45) is 5.92 Å². The molecule has 2 rings (SSSR count). The molecule has 1 N–H and O–H groups in total. The fraction of sp³-hybridized carbons (Fsp3) is 0.632. The number of carbonyl (C=O) groups excluding carboxylic acids is 3. The van der Waals surface area contributed by atoms with Crippen molar-refractivity contribution in [1.29, 1.82) is 0 Å². The number of nitrogens with zero attached hydrogens (tertiary/aromatic N) is 2. The van der Waals surface area contributed by atoms with Gasteiger partial charge in [-0.05, 0) is 31.4 Å². The molecule has 0 unspecified atom stereocenters. The normalized spacial score (nSPS) is 15.1. The average molecular weight is 396 g/mol. The molecule has 0 radical (unpaired) electrons. The number of anilines is 1. The van der Waals surface area contributed by atoms with Gasteiger partial charge in [0.25, 0.3) is 0 Å². The van der Waals surface area contributed by atoms with Crippen LogP contribution in [-0.4, -0.2) is 66.9 Å². The minimum absolute atomic E-state index is 0.117. The van der Waals surface area contributed by atoms with Crippen molar-refractivity contribution in [3.05, 3.63) is 16.5 Å². The number of carbonyl (C=O) groups is 3. The molecule has 0 atom stereocenters. The monoisotopic (exact) mass is 395 g/mol. The van der Waals surface area contributed by atoms with Gasteiger partial charge >= 0.3 is 5.97 Å². The predicted octanol–water partition coefficient (Wildman–Crippen LogP) is 2.36. The number of ether oxygens (including phenoxy) is 1. The lowest BCUT2D eigenvalue weighted by Gasteiger charge is -2.34. The summed E-state index contributed by atoms with van der Waals surface area (Å²) in [5.41, 5.74) is 0.797. The molecule has 150 valence electrons. The van der Waals surface area contributed by atoms with Gasteiger partial charge in [0.2, 0.25) is 11.8 Å². The smallest absolute Gasteiger partial charge is 0.348 e. The highest BCUT2D eigenvalue weighted by atomic mass is 32.1. The van der Waals surface area contributed by atoms with Crippen LogP contribution in [0.3, 0.4) is 0 Å². The summed E-state index contributed by atoms with van der Waals surface area (Å²) in [7, 11) is 0. The molecule has 0 saturated carbocycles. The van der Waals surface area contributed by atoms with Crippen LogP contribution in [0, 0.1) is 12.8 Å². The fourth-order valence-electron chi connectivity index (χ4n) is 2.96. The molecular weight excluding hydrogens is 366 g/mol. The van der Waals surface area contributed by atoms with Crippen molar-refractivity contribution >= 4 is 34.1 Å². The molecule has 27 heavy (non-hydrogen) atoms. The van der Waals surface area contributed by atoms with E-state index in [2.05, 4.69) is 5.32 Å². The zero-order valence-electron chi connectivity index (χ0n) is 16.5. The zero-order valence-corrected chi connectivity index (χ0v) is 17.4. The lowest BCUT2D eigenvalue weighted by molar-refractivity contribution is -0.133. The topological polar surface area (TPSA) is 79.0 Å². The molecule has 0 spiro atoms. The molecule has 8 heteroatoms. The van der Waals surface area contributed by atoms with Crippen LogP contribution in [0.2, 0.25) is 0 Å². The standard InChI is InChI=1S/C19H29N3O4S/c1-5-26-19(25)18-14(4)11-16(27-18)20-15(23)12-21-6-8-22(9-7-21)17(24)10-13(2)3/h11,13H,5-10,12H2,1-4H3,(H,20,23). The van der Waals surface area contributed by atoms with Crippen LogP contribution in [-0.2, 0) is 14.3 Å². The van der Waals surface area contributed by atoms with Gasteiger partial charge in [-0.1, -0.05) is 13.8 Å². The first kappa shape index (κ1) is 21.4. The fourth-order valence-corrected chi connectivity index (χ4v) is 3.94. The van der Waals surface area contributed by atoms with E-state index in [9.17, 15) is 14.4 Å². The van der Waals surface area contributed by atoms with Gasteiger partial charge in [-0.15, -0.1) is 11.3 Å². The summed E-state index contributed by atoms with van der Waals surface area (Å²) in [6.07, 6.45) is 0.570. The summed E-state index contributed by atoms with van der Waals surface area (Å²) in [4.78, 5) is 40.7. The van der Waals surface area contributed by atoms with Crippen molar-refractivity contribution < 1.29 is 19.1 Å². The third-order valence-electron chi connectivity index (χ3n) is 4.32.